The van der Waals surface area contributed by atoms with Gasteiger partial charge in [-0.1, -0.05) is 24.3 Å². The van der Waals surface area contributed by atoms with Crippen LogP contribution in [0.15, 0.2) is 46.2 Å². The van der Waals surface area contributed by atoms with Crippen molar-refractivity contribution >= 4 is 9.84 Å². The Hall–Kier alpha value is -1.13. The smallest absolute Gasteiger partial charge is 0.205 e. The lowest BCUT2D eigenvalue weighted by molar-refractivity contribution is 0.383. The Labute approximate surface area is 94.7 Å². The van der Waals surface area contributed by atoms with Gasteiger partial charge in [0.15, 0.2) is 0 Å². The summed E-state index contributed by atoms with van der Waals surface area (Å²) in [6, 6.07) is 8.54. The third-order valence-electron chi connectivity index (χ3n) is 3.02. The first-order chi connectivity index (χ1) is 7.69. The fourth-order valence-electron chi connectivity index (χ4n) is 2.12. The fourth-order valence-corrected chi connectivity index (χ4v) is 3.76. The summed E-state index contributed by atoms with van der Waals surface area (Å²) in [5, 5.41) is 0. The van der Waals surface area contributed by atoms with E-state index >= 15 is 0 Å². The molecule has 3 rings (SSSR count). The van der Waals surface area contributed by atoms with Gasteiger partial charge in [-0.3, -0.25) is 0 Å². The monoisotopic (exact) mass is 236 g/mol. The molecular formula is C12H12O3S. The molecule has 1 aliphatic heterocycles. The molecule has 1 heterocycles. The molecule has 0 N–H and O–H groups in total. The number of rotatable bonds is 2. The number of hydrogen-bond donors (Lipinski definition) is 0. The highest BCUT2D eigenvalue weighted by atomic mass is 32.2. The second-order valence-corrected chi connectivity index (χ2v) is 6.05. The van der Waals surface area contributed by atoms with Crippen molar-refractivity contribution < 1.29 is 13.2 Å². The average Bonchev–Trinajstić information content (AvgIpc) is 3.08. The summed E-state index contributed by atoms with van der Waals surface area (Å²) >= 11 is 0. The molecule has 16 heavy (non-hydrogen) atoms. The van der Waals surface area contributed by atoms with E-state index in [0.29, 0.717) is 9.80 Å². The molecule has 2 atom stereocenters. The number of allylic oxidation sites excluding steroid dienone is 1. The molecule has 1 aromatic carbocycles. The van der Waals surface area contributed by atoms with Crippen LogP contribution in [0.1, 0.15) is 12.8 Å². The van der Waals surface area contributed by atoms with Crippen LogP contribution in [0.25, 0.3) is 0 Å². The van der Waals surface area contributed by atoms with Crippen molar-refractivity contribution in [2.24, 2.45) is 0 Å². The minimum atomic E-state index is -3.33. The fraction of sp³-hybridized carbons (Fsp3) is 0.333. The number of sulfone groups is 1. The van der Waals surface area contributed by atoms with Crippen LogP contribution < -0.4 is 0 Å². The third kappa shape index (κ3) is 1.49. The molecule has 0 unspecified atom stereocenters. The minimum absolute atomic E-state index is 0.137. The highest BCUT2D eigenvalue weighted by Gasteiger charge is 2.48. The molecule has 2 aliphatic rings. The molecule has 84 valence electrons. The van der Waals surface area contributed by atoms with E-state index in [9.17, 15) is 8.42 Å². The minimum Gasteiger partial charge on any atom is -0.364 e. The summed E-state index contributed by atoms with van der Waals surface area (Å²) in [7, 11) is -3.33. The molecule has 0 spiro atoms. The van der Waals surface area contributed by atoms with Crippen LogP contribution in [-0.2, 0) is 14.6 Å². The molecule has 1 saturated heterocycles. The van der Waals surface area contributed by atoms with E-state index in [1.807, 2.05) is 6.07 Å². The molecule has 4 heteroatoms. The largest absolute Gasteiger partial charge is 0.364 e. The predicted octanol–water partition coefficient (Wildman–Crippen LogP) is 1.91. The Morgan fingerprint density at radius 2 is 1.94 bits per heavy atom. The first kappa shape index (κ1) is 10.1. The molecule has 0 aromatic heterocycles. The molecule has 1 aliphatic carbocycles. The normalized spacial score (nSPS) is 28.1. The zero-order valence-corrected chi connectivity index (χ0v) is 9.48. The SMILES string of the molecule is O=S(=O)(C1=CCC[C@@H]2O[C@H]12)c1ccccc1. The molecule has 0 amide bonds. The molecule has 1 fully saturated rings. The van der Waals surface area contributed by atoms with Crippen molar-refractivity contribution in [3.8, 4) is 0 Å². The summed E-state index contributed by atoms with van der Waals surface area (Å²) in [5.74, 6) is 0. The lowest BCUT2D eigenvalue weighted by Crippen LogP contribution is -2.14. The van der Waals surface area contributed by atoms with Gasteiger partial charge in [-0.15, -0.1) is 0 Å². The van der Waals surface area contributed by atoms with E-state index in [-0.39, 0.29) is 12.2 Å². The highest BCUT2D eigenvalue weighted by Crippen LogP contribution is 2.41. The summed E-state index contributed by atoms with van der Waals surface area (Å²) in [6.07, 6.45) is 3.50. The Morgan fingerprint density at radius 1 is 1.19 bits per heavy atom. The zero-order chi connectivity index (χ0) is 11.2. The van der Waals surface area contributed by atoms with E-state index in [1.165, 1.54) is 0 Å². The van der Waals surface area contributed by atoms with Crippen molar-refractivity contribution in [2.45, 2.75) is 29.9 Å². The number of ether oxygens (including phenoxy) is 1. The number of benzene rings is 1. The van der Waals surface area contributed by atoms with Gasteiger partial charge in [-0.2, -0.15) is 0 Å². The van der Waals surface area contributed by atoms with Gasteiger partial charge in [0.2, 0.25) is 9.84 Å². The Morgan fingerprint density at radius 3 is 2.69 bits per heavy atom. The van der Waals surface area contributed by atoms with Gasteiger partial charge >= 0.3 is 0 Å². The van der Waals surface area contributed by atoms with Gasteiger partial charge in [0.05, 0.1) is 15.9 Å². The Bertz CT molecular complexity index is 531. The summed E-state index contributed by atoms with van der Waals surface area (Å²) in [6.45, 7) is 0. The standard InChI is InChI=1S/C12H12O3S/c13-16(14,9-5-2-1-3-6-9)11-8-4-7-10-12(11)15-10/h1-3,5-6,8,10,12H,4,7H2/t10-,12-/m0/s1. The quantitative estimate of drug-likeness (QED) is 0.737. The molecule has 3 nitrogen and oxygen atoms in total. The van der Waals surface area contributed by atoms with Crippen LogP contribution in [0, 0.1) is 0 Å². The van der Waals surface area contributed by atoms with E-state index in [0.717, 1.165) is 12.8 Å². The lowest BCUT2D eigenvalue weighted by Gasteiger charge is -2.09. The van der Waals surface area contributed by atoms with E-state index in [4.69, 9.17) is 4.74 Å². The first-order valence-electron chi connectivity index (χ1n) is 5.35. The topological polar surface area (TPSA) is 46.7 Å². The first-order valence-corrected chi connectivity index (χ1v) is 6.83. The van der Waals surface area contributed by atoms with Gasteiger partial charge in [0.25, 0.3) is 0 Å². The van der Waals surface area contributed by atoms with E-state index in [1.54, 1.807) is 30.3 Å². The second kappa shape index (κ2) is 3.43. The average molecular weight is 236 g/mol. The van der Waals surface area contributed by atoms with Gasteiger partial charge < -0.3 is 4.74 Å². The molecule has 0 bridgehead atoms. The maximum absolute atomic E-state index is 12.3. The number of epoxide rings is 1. The van der Waals surface area contributed by atoms with E-state index < -0.39 is 9.84 Å². The number of hydrogen-bond acceptors (Lipinski definition) is 3. The van der Waals surface area contributed by atoms with Gasteiger partial charge in [-0.25, -0.2) is 8.42 Å². The zero-order valence-electron chi connectivity index (χ0n) is 8.67. The van der Waals surface area contributed by atoms with Crippen LogP contribution in [0.5, 0.6) is 0 Å². The molecular weight excluding hydrogens is 224 g/mol. The Balaban J connectivity index is 2.03. The van der Waals surface area contributed by atoms with Gasteiger partial charge in [0, 0.05) is 0 Å². The molecule has 0 radical (unpaired) electrons. The summed E-state index contributed by atoms with van der Waals surface area (Å²) in [4.78, 5) is 0.812. The van der Waals surface area contributed by atoms with Crippen LogP contribution in [0.3, 0.4) is 0 Å². The maximum atomic E-state index is 12.3. The Kier molecular flexibility index (Phi) is 2.16. The van der Waals surface area contributed by atoms with Crippen LogP contribution in [-0.4, -0.2) is 20.6 Å². The molecule has 0 saturated carbocycles. The van der Waals surface area contributed by atoms with Crippen LogP contribution >= 0.6 is 0 Å². The van der Waals surface area contributed by atoms with Crippen LogP contribution in [0.4, 0.5) is 0 Å². The van der Waals surface area contributed by atoms with Crippen molar-refractivity contribution in [2.75, 3.05) is 0 Å². The van der Waals surface area contributed by atoms with Crippen molar-refractivity contribution in [1.82, 2.24) is 0 Å². The van der Waals surface area contributed by atoms with Crippen molar-refractivity contribution in [3.63, 3.8) is 0 Å². The number of fused-ring (bicyclic) bond motifs is 1. The predicted molar refractivity (Wildman–Crippen MR) is 59.6 cm³/mol. The molecule has 1 aromatic rings. The van der Waals surface area contributed by atoms with Crippen LogP contribution in [0.2, 0.25) is 0 Å². The third-order valence-corrected chi connectivity index (χ3v) is 4.94. The second-order valence-electron chi connectivity index (χ2n) is 4.10. The van der Waals surface area contributed by atoms with E-state index in [2.05, 4.69) is 0 Å². The van der Waals surface area contributed by atoms with Gasteiger partial charge in [0.1, 0.15) is 6.10 Å². The maximum Gasteiger partial charge on any atom is 0.205 e. The van der Waals surface area contributed by atoms with Crippen molar-refractivity contribution in [3.05, 3.63) is 41.3 Å². The van der Waals surface area contributed by atoms with Crippen molar-refractivity contribution in [1.29, 1.82) is 0 Å². The summed E-state index contributed by atoms with van der Waals surface area (Å²) in [5.41, 5.74) is 0. The highest BCUT2D eigenvalue weighted by molar-refractivity contribution is 7.95. The lowest BCUT2D eigenvalue weighted by atomic mass is 10.1. The summed E-state index contributed by atoms with van der Waals surface area (Å²) < 4.78 is 29.9. The van der Waals surface area contributed by atoms with Gasteiger partial charge in [-0.05, 0) is 25.0 Å².